The minimum Gasteiger partial charge on any atom is -0.466 e. The van der Waals surface area contributed by atoms with Crippen molar-refractivity contribution in [2.24, 2.45) is 0 Å². The standard InChI is InChI=1S/C24H31ClN2O3.ClH/c1-2-29-23(28)12-13-26-14-16-27(17-15-26)18-19-30-24(20-8-4-3-5-9-20)21-10-6-7-11-22(21)25;/h3-11,24H,2,12-19H2,1H3;1H. The van der Waals surface area contributed by atoms with Crippen molar-refractivity contribution in [1.29, 1.82) is 0 Å². The van der Waals surface area contributed by atoms with Gasteiger partial charge in [-0.05, 0) is 18.6 Å². The first kappa shape index (κ1) is 25.6. The molecule has 170 valence electrons. The molecule has 0 radical (unpaired) electrons. The van der Waals surface area contributed by atoms with Crippen LogP contribution >= 0.6 is 24.0 Å². The second-order valence-electron chi connectivity index (χ2n) is 7.42. The molecule has 7 heteroatoms. The lowest BCUT2D eigenvalue weighted by Gasteiger charge is -2.34. The van der Waals surface area contributed by atoms with Gasteiger partial charge in [-0.3, -0.25) is 9.69 Å². The van der Waals surface area contributed by atoms with Gasteiger partial charge < -0.3 is 14.4 Å². The Kier molecular flexibility index (Phi) is 11.3. The van der Waals surface area contributed by atoms with Crippen LogP contribution in [-0.4, -0.2) is 68.3 Å². The minimum absolute atomic E-state index is 0. The largest absolute Gasteiger partial charge is 0.466 e. The van der Waals surface area contributed by atoms with Gasteiger partial charge in [0.25, 0.3) is 0 Å². The van der Waals surface area contributed by atoms with E-state index in [0.717, 1.165) is 55.4 Å². The summed E-state index contributed by atoms with van der Waals surface area (Å²) in [5.41, 5.74) is 2.10. The Morgan fingerprint density at radius 3 is 2.23 bits per heavy atom. The summed E-state index contributed by atoms with van der Waals surface area (Å²) in [5, 5.41) is 0.724. The molecular formula is C24H32Cl2N2O3. The van der Waals surface area contributed by atoms with Crippen LogP contribution in [0.25, 0.3) is 0 Å². The fourth-order valence-corrected chi connectivity index (χ4v) is 3.93. The summed E-state index contributed by atoms with van der Waals surface area (Å²) in [6.45, 7) is 8.46. The normalized spacial score (nSPS) is 15.8. The number of nitrogens with zero attached hydrogens (tertiary/aromatic N) is 2. The topological polar surface area (TPSA) is 42.0 Å². The first-order chi connectivity index (χ1) is 14.7. The summed E-state index contributed by atoms with van der Waals surface area (Å²) in [4.78, 5) is 16.3. The van der Waals surface area contributed by atoms with Crippen LogP contribution in [-0.2, 0) is 14.3 Å². The lowest BCUT2D eigenvalue weighted by atomic mass is 10.0. The molecule has 1 aliphatic rings. The van der Waals surface area contributed by atoms with Crippen molar-refractivity contribution in [2.45, 2.75) is 19.4 Å². The SMILES string of the molecule is CCOC(=O)CCN1CCN(CCOC(c2ccccc2)c2ccccc2Cl)CC1.Cl. The average Bonchev–Trinajstić information content (AvgIpc) is 2.78. The van der Waals surface area contributed by atoms with E-state index in [1.165, 1.54) is 0 Å². The molecule has 2 aromatic rings. The molecule has 31 heavy (non-hydrogen) atoms. The zero-order valence-corrected chi connectivity index (χ0v) is 19.6. The van der Waals surface area contributed by atoms with Crippen LogP contribution in [0.4, 0.5) is 0 Å². The number of halogens is 2. The van der Waals surface area contributed by atoms with E-state index in [-0.39, 0.29) is 24.5 Å². The lowest BCUT2D eigenvalue weighted by molar-refractivity contribution is -0.143. The number of piperazine rings is 1. The first-order valence-electron chi connectivity index (χ1n) is 10.7. The van der Waals surface area contributed by atoms with E-state index < -0.39 is 0 Å². The Hall–Kier alpha value is -1.63. The second-order valence-corrected chi connectivity index (χ2v) is 7.83. The summed E-state index contributed by atoms with van der Waals surface area (Å²) >= 11 is 6.46. The van der Waals surface area contributed by atoms with Crippen molar-refractivity contribution in [3.05, 3.63) is 70.7 Å². The van der Waals surface area contributed by atoms with Crippen molar-refractivity contribution in [3.8, 4) is 0 Å². The van der Waals surface area contributed by atoms with Gasteiger partial charge in [0.1, 0.15) is 6.10 Å². The van der Waals surface area contributed by atoms with Crippen LogP contribution in [0.15, 0.2) is 54.6 Å². The van der Waals surface area contributed by atoms with E-state index in [1.807, 2.05) is 49.4 Å². The highest BCUT2D eigenvalue weighted by Crippen LogP contribution is 2.31. The maximum Gasteiger partial charge on any atom is 0.307 e. The molecule has 1 unspecified atom stereocenters. The predicted molar refractivity (Wildman–Crippen MR) is 127 cm³/mol. The highest BCUT2D eigenvalue weighted by atomic mass is 35.5. The Labute approximate surface area is 196 Å². The number of hydrogen-bond acceptors (Lipinski definition) is 5. The molecule has 0 N–H and O–H groups in total. The van der Waals surface area contributed by atoms with Crippen LogP contribution in [0.2, 0.25) is 5.02 Å². The molecule has 0 amide bonds. The van der Waals surface area contributed by atoms with E-state index in [9.17, 15) is 4.79 Å². The second kappa shape index (κ2) is 13.7. The van der Waals surface area contributed by atoms with E-state index in [4.69, 9.17) is 21.1 Å². The molecule has 1 atom stereocenters. The molecule has 0 aromatic heterocycles. The monoisotopic (exact) mass is 466 g/mol. The third-order valence-electron chi connectivity index (χ3n) is 5.38. The smallest absolute Gasteiger partial charge is 0.307 e. The molecule has 1 saturated heterocycles. The quantitative estimate of drug-likeness (QED) is 0.484. The van der Waals surface area contributed by atoms with Gasteiger partial charge in [0, 0.05) is 49.9 Å². The lowest BCUT2D eigenvalue weighted by Crippen LogP contribution is -2.47. The Morgan fingerprint density at radius 1 is 0.968 bits per heavy atom. The number of carbonyl (C=O) groups excluding carboxylic acids is 1. The predicted octanol–water partition coefficient (Wildman–Crippen LogP) is 4.44. The van der Waals surface area contributed by atoms with Crippen LogP contribution in [0.5, 0.6) is 0 Å². The van der Waals surface area contributed by atoms with Crippen molar-refractivity contribution in [3.63, 3.8) is 0 Å². The molecule has 0 bridgehead atoms. The number of ether oxygens (including phenoxy) is 2. The molecule has 0 spiro atoms. The summed E-state index contributed by atoms with van der Waals surface area (Å²) < 4.78 is 11.3. The first-order valence-corrected chi connectivity index (χ1v) is 11.1. The van der Waals surface area contributed by atoms with E-state index in [2.05, 4.69) is 21.9 Å². The van der Waals surface area contributed by atoms with E-state index in [1.54, 1.807) is 0 Å². The Bertz CT molecular complexity index is 783. The van der Waals surface area contributed by atoms with Gasteiger partial charge in [0.2, 0.25) is 0 Å². The van der Waals surface area contributed by atoms with Crippen LogP contribution in [0.1, 0.15) is 30.6 Å². The third kappa shape index (κ3) is 8.09. The zero-order valence-electron chi connectivity index (χ0n) is 18.0. The fourth-order valence-electron chi connectivity index (χ4n) is 3.70. The van der Waals surface area contributed by atoms with Crippen molar-refractivity contribution >= 4 is 30.0 Å². The molecule has 5 nitrogen and oxygen atoms in total. The number of benzene rings is 2. The van der Waals surface area contributed by atoms with Gasteiger partial charge >= 0.3 is 5.97 Å². The third-order valence-corrected chi connectivity index (χ3v) is 5.73. The minimum atomic E-state index is -0.175. The van der Waals surface area contributed by atoms with Gasteiger partial charge in [-0.25, -0.2) is 0 Å². The number of carbonyl (C=O) groups is 1. The number of hydrogen-bond donors (Lipinski definition) is 0. The van der Waals surface area contributed by atoms with Gasteiger partial charge in [0.15, 0.2) is 0 Å². The highest BCUT2D eigenvalue weighted by Gasteiger charge is 2.20. The van der Waals surface area contributed by atoms with Crippen LogP contribution < -0.4 is 0 Å². The molecule has 3 rings (SSSR count). The molecule has 0 aliphatic carbocycles. The average molecular weight is 467 g/mol. The molecule has 2 aromatic carbocycles. The van der Waals surface area contributed by atoms with E-state index in [0.29, 0.717) is 19.6 Å². The summed E-state index contributed by atoms with van der Waals surface area (Å²) in [6, 6.07) is 18.1. The number of rotatable bonds is 10. The molecule has 1 fully saturated rings. The summed E-state index contributed by atoms with van der Waals surface area (Å²) in [7, 11) is 0. The molecular weight excluding hydrogens is 435 g/mol. The maximum absolute atomic E-state index is 11.5. The van der Waals surface area contributed by atoms with Crippen LogP contribution in [0.3, 0.4) is 0 Å². The molecule has 1 aliphatic heterocycles. The van der Waals surface area contributed by atoms with E-state index >= 15 is 0 Å². The molecule has 0 saturated carbocycles. The van der Waals surface area contributed by atoms with Crippen LogP contribution in [0, 0.1) is 0 Å². The fraction of sp³-hybridized carbons (Fsp3) is 0.458. The van der Waals surface area contributed by atoms with Gasteiger partial charge in [-0.1, -0.05) is 60.1 Å². The van der Waals surface area contributed by atoms with Crippen molar-refractivity contribution in [1.82, 2.24) is 9.80 Å². The zero-order chi connectivity index (χ0) is 21.2. The van der Waals surface area contributed by atoms with Gasteiger partial charge in [0.05, 0.1) is 19.6 Å². The van der Waals surface area contributed by atoms with Crippen molar-refractivity contribution < 1.29 is 14.3 Å². The Balaban J connectivity index is 0.00000341. The number of esters is 1. The Morgan fingerprint density at radius 2 is 1.58 bits per heavy atom. The molecule has 1 heterocycles. The van der Waals surface area contributed by atoms with Gasteiger partial charge in [-0.2, -0.15) is 0 Å². The summed E-state index contributed by atoms with van der Waals surface area (Å²) in [5.74, 6) is -0.111. The highest BCUT2D eigenvalue weighted by molar-refractivity contribution is 6.31. The van der Waals surface area contributed by atoms with Gasteiger partial charge in [-0.15, -0.1) is 12.4 Å². The maximum atomic E-state index is 11.5. The van der Waals surface area contributed by atoms with Crippen molar-refractivity contribution in [2.75, 3.05) is 52.5 Å². The summed E-state index contributed by atoms with van der Waals surface area (Å²) in [6.07, 6.45) is 0.291.